The molecule has 2 aromatic carbocycles. The van der Waals surface area contributed by atoms with Crippen molar-refractivity contribution in [1.29, 1.82) is 0 Å². The van der Waals surface area contributed by atoms with Crippen LogP contribution in [0.15, 0.2) is 57.9 Å². The monoisotopic (exact) mass is 497 g/mol. The van der Waals surface area contributed by atoms with Crippen molar-refractivity contribution in [1.82, 2.24) is 9.46 Å². The molecule has 184 valence electrons. The van der Waals surface area contributed by atoms with E-state index >= 15 is 0 Å². The molecule has 0 saturated carbocycles. The van der Waals surface area contributed by atoms with Crippen molar-refractivity contribution in [3.8, 4) is 0 Å². The minimum Gasteiger partial charge on any atom is -0.355 e. The van der Waals surface area contributed by atoms with E-state index in [9.17, 15) is 17.6 Å². The fraction of sp³-hybridized carbons (Fsp3) is 0.308. The molecule has 0 spiro atoms. The molecule has 1 aromatic heterocycles. The van der Waals surface area contributed by atoms with E-state index in [1.807, 2.05) is 31.2 Å². The molecule has 0 unspecified atom stereocenters. The Morgan fingerprint density at radius 1 is 1.14 bits per heavy atom. The summed E-state index contributed by atoms with van der Waals surface area (Å²) in [5.41, 5.74) is 2.39. The SMILES string of the molecule is CCc1ccccc1NC(=O)C1CCN(S(=O)(=O)c2c(C)noc2C=Cc2ccccc2F)CC1. The van der Waals surface area contributed by atoms with Gasteiger partial charge in [0.25, 0.3) is 0 Å². The van der Waals surface area contributed by atoms with Crippen LogP contribution in [0.1, 0.15) is 42.3 Å². The van der Waals surface area contributed by atoms with E-state index < -0.39 is 15.8 Å². The summed E-state index contributed by atoms with van der Waals surface area (Å²) >= 11 is 0. The van der Waals surface area contributed by atoms with Crippen molar-refractivity contribution in [2.75, 3.05) is 18.4 Å². The topological polar surface area (TPSA) is 92.5 Å². The molecule has 1 amide bonds. The molecule has 4 rings (SSSR count). The predicted molar refractivity (Wildman–Crippen MR) is 133 cm³/mol. The summed E-state index contributed by atoms with van der Waals surface area (Å²) in [6, 6.07) is 13.8. The number of rotatable bonds is 7. The molecule has 3 aromatic rings. The van der Waals surface area contributed by atoms with Gasteiger partial charge in [-0.2, -0.15) is 4.31 Å². The molecule has 0 atom stereocenters. The van der Waals surface area contributed by atoms with Crippen LogP contribution < -0.4 is 5.32 Å². The Balaban J connectivity index is 1.46. The van der Waals surface area contributed by atoms with Gasteiger partial charge >= 0.3 is 0 Å². The summed E-state index contributed by atoms with van der Waals surface area (Å²) in [6.07, 6.45) is 4.49. The number of hydrogen-bond acceptors (Lipinski definition) is 5. The highest BCUT2D eigenvalue weighted by molar-refractivity contribution is 7.89. The normalized spacial score (nSPS) is 15.5. The van der Waals surface area contributed by atoms with E-state index in [0.717, 1.165) is 17.7 Å². The second kappa shape index (κ2) is 10.5. The number of aryl methyl sites for hydroxylation is 2. The van der Waals surface area contributed by atoms with E-state index in [1.54, 1.807) is 25.1 Å². The summed E-state index contributed by atoms with van der Waals surface area (Å²) in [5.74, 6) is -0.763. The third kappa shape index (κ3) is 5.36. The maximum absolute atomic E-state index is 13.9. The molecule has 9 heteroatoms. The van der Waals surface area contributed by atoms with Gasteiger partial charge in [-0.05, 0) is 56.0 Å². The van der Waals surface area contributed by atoms with Crippen molar-refractivity contribution in [3.63, 3.8) is 0 Å². The number of piperidine rings is 1. The van der Waals surface area contributed by atoms with Gasteiger partial charge in [0.1, 0.15) is 11.5 Å². The van der Waals surface area contributed by atoms with Crippen LogP contribution in [0, 0.1) is 18.7 Å². The Bertz CT molecular complexity index is 1340. The minimum atomic E-state index is -3.91. The highest BCUT2D eigenvalue weighted by Gasteiger charge is 2.36. The number of aromatic nitrogens is 1. The molecule has 7 nitrogen and oxygen atoms in total. The third-order valence-electron chi connectivity index (χ3n) is 6.23. The fourth-order valence-corrected chi connectivity index (χ4v) is 5.97. The van der Waals surface area contributed by atoms with Gasteiger partial charge in [-0.25, -0.2) is 12.8 Å². The van der Waals surface area contributed by atoms with Crippen molar-refractivity contribution in [3.05, 3.63) is 76.9 Å². The molecule has 1 aliphatic heterocycles. The van der Waals surface area contributed by atoms with Gasteiger partial charge in [0.2, 0.25) is 15.9 Å². The number of anilines is 1. The molecular formula is C26H28FN3O4S. The van der Waals surface area contributed by atoms with Gasteiger partial charge < -0.3 is 9.84 Å². The largest absolute Gasteiger partial charge is 0.355 e. The van der Waals surface area contributed by atoms with Gasteiger partial charge in [-0.1, -0.05) is 48.5 Å². The summed E-state index contributed by atoms with van der Waals surface area (Å²) in [5, 5.41) is 6.82. The number of nitrogens with zero attached hydrogens (tertiary/aromatic N) is 2. The molecule has 0 aliphatic carbocycles. The number of benzene rings is 2. The third-order valence-corrected chi connectivity index (χ3v) is 8.29. The first-order chi connectivity index (χ1) is 16.8. The van der Waals surface area contributed by atoms with Gasteiger partial charge in [0.15, 0.2) is 10.7 Å². The Kier molecular flexibility index (Phi) is 7.47. The standard InChI is InChI=1S/C26H28FN3O4S/c1-3-19-8-5-7-11-23(19)28-26(31)21-14-16-30(17-15-21)35(32,33)25-18(2)29-34-24(25)13-12-20-9-4-6-10-22(20)27/h4-13,21H,3,14-17H2,1-2H3,(H,28,31). The summed E-state index contributed by atoms with van der Waals surface area (Å²) < 4.78 is 47.4. The van der Waals surface area contributed by atoms with Crippen LogP contribution in [0.3, 0.4) is 0 Å². The van der Waals surface area contributed by atoms with Gasteiger partial charge in [-0.3, -0.25) is 4.79 Å². The molecule has 0 bridgehead atoms. The van der Waals surface area contributed by atoms with Crippen LogP contribution in [-0.4, -0.2) is 36.9 Å². The number of carbonyl (C=O) groups excluding carboxylic acids is 1. The van der Waals surface area contributed by atoms with Gasteiger partial charge in [0, 0.05) is 30.3 Å². The van der Waals surface area contributed by atoms with Crippen molar-refractivity contribution < 1.29 is 22.1 Å². The van der Waals surface area contributed by atoms with Crippen LogP contribution in [0.2, 0.25) is 0 Å². The van der Waals surface area contributed by atoms with Crippen molar-refractivity contribution in [2.24, 2.45) is 5.92 Å². The van der Waals surface area contributed by atoms with E-state index in [-0.39, 0.29) is 41.3 Å². The highest BCUT2D eigenvalue weighted by Crippen LogP contribution is 2.30. The van der Waals surface area contributed by atoms with Crippen LogP contribution in [0.5, 0.6) is 0 Å². The number of carbonyl (C=O) groups is 1. The van der Waals surface area contributed by atoms with Crippen LogP contribution in [0.4, 0.5) is 10.1 Å². The fourth-order valence-electron chi connectivity index (χ4n) is 4.25. The zero-order chi connectivity index (χ0) is 25.0. The van der Waals surface area contributed by atoms with E-state index in [2.05, 4.69) is 10.5 Å². The van der Waals surface area contributed by atoms with Crippen LogP contribution in [-0.2, 0) is 21.2 Å². The first-order valence-electron chi connectivity index (χ1n) is 11.6. The van der Waals surface area contributed by atoms with E-state index in [1.165, 1.54) is 22.5 Å². The zero-order valence-electron chi connectivity index (χ0n) is 19.7. The highest BCUT2D eigenvalue weighted by atomic mass is 32.2. The van der Waals surface area contributed by atoms with Gasteiger partial charge in [0.05, 0.1) is 0 Å². The maximum atomic E-state index is 13.9. The molecule has 1 fully saturated rings. The lowest BCUT2D eigenvalue weighted by Gasteiger charge is -2.30. The number of nitrogens with one attached hydrogen (secondary N) is 1. The molecule has 0 radical (unpaired) electrons. The molecule has 35 heavy (non-hydrogen) atoms. The summed E-state index contributed by atoms with van der Waals surface area (Å²) in [4.78, 5) is 12.8. The lowest BCUT2D eigenvalue weighted by molar-refractivity contribution is -0.120. The van der Waals surface area contributed by atoms with Crippen LogP contribution in [0.25, 0.3) is 12.2 Å². The lowest BCUT2D eigenvalue weighted by atomic mass is 9.97. The second-order valence-electron chi connectivity index (χ2n) is 8.49. The van der Waals surface area contributed by atoms with Crippen molar-refractivity contribution >= 4 is 33.8 Å². The van der Waals surface area contributed by atoms with E-state index in [4.69, 9.17) is 4.52 Å². The average Bonchev–Trinajstić information content (AvgIpc) is 3.25. The summed E-state index contributed by atoms with van der Waals surface area (Å²) in [6.45, 7) is 4.00. The second-order valence-corrected chi connectivity index (χ2v) is 10.4. The quantitative estimate of drug-likeness (QED) is 0.502. The number of hydrogen-bond donors (Lipinski definition) is 1. The average molecular weight is 498 g/mol. The Labute approximate surface area is 204 Å². The van der Waals surface area contributed by atoms with Crippen molar-refractivity contribution in [2.45, 2.75) is 38.0 Å². The predicted octanol–water partition coefficient (Wildman–Crippen LogP) is 4.89. The smallest absolute Gasteiger partial charge is 0.248 e. The molecule has 1 aliphatic rings. The number of amides is 1. The van der Waals surface area contributed by atoms with E-state index in [0.29, 0.717) is 18.4 Å². The Morgan fingerprint density at radius 3 is 2.54 bits per heavy atom. The van der Waals surface area contributed by atoms with Gasteiger partial charge in [-0.15, -0.1) is 0 Å². The number of para-hydroxylation sites is 1. The van der Waals surface area contributed by atoms with Crippen LogP contribution >= 0.6 is 0 Å². The Morgan fingerprint density at radius 2 is 1.83 bits per heavy atom. The maximum Gasteiger partial charge on any atom is 0.248 e. The molecule has 2 heterocycles. The number of halogens is 1. The molecule has 1 saturated heterocycles. The zero-order valence-corrected chi connectivity index (χ0v) is 20.5. The lowest BCUT2D eigenvalue weighted by Crippen LogP contribution is -2.41. The minimum absolute atomic E-state index is 0.0372. The summed E-state index contributed by atoms with van der Waals surface area (Å²) in [7, 11) is -3.91. The first-order valence-corrected chi connectivity index (χ1v) is 13.0. The first kappa shape index (κ1) is 24.8. The number of sulfonamides is 1. The molecular weight excluding hydrogens is 469 g/mol. The Hall–Kier alpha value is -3.30. The molecule has 1 N–H and O–H groups in total.